The maximum absolute atomic E-state index is 11.4. The first-order chi connectivity index (χ1) is 9.65. The third kappa shape index (κ3) is 6.63. The number of hydrogen-bond donors (Lipinski definition) is 2. The topological polar surface area (TPSA) is 76.7 Å². The van der Waals surface area contributed by atoms with Crippen molar-refractivity contribution in [1.82, 2.24) is 10.6 Å². The number of amides is 2. The van der Waals surface area contributed by atoms with Crippen LogP contribution in [0.2, 0.25) is 0 Å². The molecule has 1 fully saturated rings. The second kappa shape index (κ2) is 9.44. The summed E-state index contributed by atoms with van der Waals surface area (Å²) >= 11 is 0. The summed E-state index contributed by atoms with van der Waals surface area (Å²) in [5, 5.41) is 5.71. The normalized spacial score (nSPS) is 21.9. The average Bonchev–Trinajstić information content (AvgIpc) is 2.45. The molecule has 2 amide bonds. The molecule has 0 bridgehead atoms. The number of carbonyl (C=O) groups excluding carboxylic acids is 2. The highest BCUT2D eigenvalue weighted by molar-refractivity contribution is 5.68. The highest BCUT2D eigenvalue weighted by Gasteiger charge is 2.24. The molecule has 1 aliphatic carbocycles. The van der Waals surface area contributed by atoms with Gasteiger partial charge in [-0.3, -0.25) is 0 Å². The first-order valence-electron chi connectivity index (χ1n) is 7.52. The molecule has 1 aliphatic rings. The van der Waals surface area contributed by atoms with Gasteiger partial charge in [-0.2, -0.15) is 0 Å². The molecule has 0 aromatic carbocycles. The van der Waals surface area contributed by atoms with Gasteiger partial charge in [0, 0.05) is 12.1 Å². The van der Waals surface area contributed by atoms with Crippen LogP contribution < -0.4 is 10.6 Å². The fourth-order valence-corrected chi connectivity index (χ4v) is 2.19. The molecule has 1 rings (SSSR count). The van der Waals surface area contributed by atoms with Crippen molar-refractivity contribution in [1.29, 1.82) is 0 Å². The fraction of sp³-hybridized carbons (Fsp3) is 0.857. The van der Waals surface area contributed by atoms with Crippen LogP contribution in [0.4, 0.5) is 9.59 Å². The summed E-state index contributed by atoms with van der Waals surface area (Å²) in [6.45, 7) is 4.82. The van der Waals surface area contributed by atoms with Crippen LogP contribution in [0.25, 0.3) is 0 Å². The molecule has 1 saturated carbocycles. The zero-order valence-electron chi connectivity index (χ0n) is 12.4. The number of ether oxygens (including phenoxy) is 2. The number of hydrogen-bond acceptors (Lipinski definition) is 4. The van der Waals surface area contributed by atoms with Crippen molar-refractivity contribution in [2.45, 2.75) is 64.5 Å². The van der Waals surface area contributed by atoms with Gasteiger partial charge in [0.1, 0.15) is 0 Å². The Labute approximate surface area is 120 Å². The van der Waals surface area contributed by atoms with E-state index in [1.807, 2.05) is 13.8 Å². The molecule has 20 heavy (non-hydrogen) atoms. The second-order valence-corrected chi connectivity index (χ2v) is 5.11. The lowest BCUT2D eigenvalue weighted by molar-refractivity contribution is 0.131. The first-order valence-corrected chi connectivity index (χ1v) is 7.52. The molecule has 0 unspecified atom stereocenters. The Morgan fingerprint density at radius 1 is 0.850 bits per heavy atom. The van der Waals surface area contributed by atoms with Gasteiger partial charge >= 0.3 is 12.2 Å². The van der Waals surface area contributed by atoms with E-state index in [4.69, 9.17) is 9.47 Å². The largest absolute Gasteiger partial charge is 0.450 e. The molecule has 0 saturated heterocycles. The Morgan fingerprint density at radius 3 is 1.50 bits per heavy atom. The lowest BCUT2D eigenvalue weighted by Gasteiger charge is -2.29. The standard InChI is InChI=1S/C14H26N2O4/c1-3-9-19-13(17)15-11-5-7-12(8-6-11)16-14(18)20-10-4-2/h11-12H,3-10H2,1-2H3,(H,15,17)(H,16,18)/t11-,12-. The number of carbonyl (C=O) groups is 2. The van der Waals surface area contributed by atoms with E-state index in [-0.39, 0.29) is 24.3 Å². The summed E-state index contributed by atoms with van der Waals surface area (Å²) in [4.78, 5) is 22.8. The minimum Gasteiger partial charge on any atom is -0.450 e. The van der Waals surface area contributed by atoms with E-state index in [1.165, 1.54) is 0 Å². The zero-order valence-corrected chi connectivity index (χ0v) is 12.4. The predicted molar refractivity (Wildman–Crippen MR) is 75.6 cm³/mol. The third-order valence-corrected chi connectivity index (χ3v) is 3.25. The average molecular weight is 286 g/mol. The number of nitrogens with one attached hydrogen (secondary N) is 2. The molecule has 0 atom stereocenters. The predicted octanol–water partition coefficient (Wildman–Crippen LogP) is 2.57. The van der Waals surface area contributed by atoms with E-state index in [0.717, 1.165) is 38.5 Å². The smallest absolute Gasteiger partial charge is 0.407 e. The minimum absolute atomic E-state index is 0.143. The van der Waals surface area contributed by atoms with E-state index in [9.17, 15) is 9.59 Å². The molecule has 0 radical (unpaired) electrons. The molecule has 0 aromatic rings. The van der Waals surface area contributed by atoms with E-state index < -0.39 is 0 Å². The Morgan fingerprint density at radius 2 is 1.20 bits per heavy atom. The van der Waals surface area contributed by atoms with Crippen LogP contribution in [0.3, 0.4) is 0 Å². The van der Waals surface area contributed by atoms with Crippen molar-refractivity contribution >= 4 is 12.2 Å². The molecular formula is C14H26N2O4. The Kier molecular flexibility index (Phi) is 7.84. The summed E-state index contributed by atoms with van der Waals surface area (Å²) in [5.41, 5.74) is 0. The summed E-state index contributed by atoms with van der Waals surface area (Å²) < 4.78 is 9.98. The van der Waals surface area contributed by atoms with Crippen LogP contribution in [-0.2, 0) is 9.47 Å². The Balaban J connectivity index is 2.16. The number of rotatable bonds is 6. The summed E-state index contributed by atoms with van der Waals surface area (Å²) in [6, 6.07) is 0.285. The van der Waals surface area contributed by atoms with Crippen LogP contribution in [0.1, 0.15) is 52.4 Å². The molecule has 6 nitrogen and oxygen atoms in total. The molecule has 116 valence electrons. The van der Waals surface area contributed by atoms with Gasteiger partial charge in [-0.05, 0) is 38.5 Å². The van der Waals surface area contributed by atoms with Gasteiger partial charge in [0.15, 0.2) is 0 Å². The highest BCUT2D eigenvalue weighted by Crippen LogP contribution is 2.18. The van der Waals surface area contributed by atoms with Crippen LogP contribution in [0.15, 0.2) is 0 Å². The molecule has 0 aromatic heterocycles. The van der Waals surface area contributed by atoms with Gasteiger partial charge in [0.2, 0.25) is 0 Å². The molecule has 0 heterocycles. The van der Waals surface area contributed by atoms with Crippen molar-refractivity contribution in [3.63, 3.8) is 0 Å². The van der Waals surface area contributed by atoms with Crippen LogP contribution in [-0.4, -0.2) is 37.5 Å². The van der Waals surface area contributed by atoms with Gasteiger partial charge in [-0.15, -0.1) is 0 Å². The van der Waals surface area contributed by atoms with Gasteiger partial charge in [-0.1, -0.05) is 13.8 Å². The molecular weight excluding hydrogens is 260 g/mol. The SMILES string of the molecule is CCCOC(=O)N[C@H]1CC[C@H](NC(=O)OCCC)CC1. The summed E-state index contributed by atoms with van der Waals surface area (Å²) in [6.07, 6.45) is 4.35. The number of alkyl carbamates (subject to hydrolysis) is 2. The first kappa shape index (κ1) is 16.6. The van der Waals surface area contributed by atoms with E-state index in [0.29, 0.717) is 13.2 Å². The molecule has 6 heteroatoms. The maximum Gasteiger partial charge on any atom is 0.407 e. The van der Waals surface area contributed by atoms with Gasteiger partial charge < -0.3 is 20.1 Å². The Bertz CT molecular complexity index is 272. The van der Waals surface area contributed by atoms with Crippen LogP contribution in [0, 0.1) is 0 Å². The van der Waals surface area contributed by atoms with E-state index in [2.05, 4.69) is 10.6 Å². The summed E-state index contributed by atoms with van der Waals surface area (Å²) in [5.74, 6) is 0. The van der Waals surface area contributed by atoms with Crippen molar-refractivity contribution < 1.29 is 19.1 Å². The lowest BCUT2D eigenvalue weighted by Crippen LogP contribution is -2.44. The van der Waals surface area contributed by atoms with Crippen LogP contribution in [0.5, 0.6) is 0 Å². The van der Waals surface area contributed by atoms with Crippen molar-refractivity contribution in [3.8, 4) is 0 Å². The highest BCUT2D eigenvalue weighted by atomic mass is 16.6. The van der Waals surface area contributed by atoms with E-state index >= 15 is 0 Å². The van der Waals surface area contributed by atoms with Crippen molar-refractivity contribution in [2.75, 3.05) is 13.2 Å². The monoisotopic (exact) mass is 286 g/mol. The summed E-state index contributed by atoms with van der Waals surface area (Å²) in [7, 11) is 0. The lowest BCUT2D eigenvalue weighted by atomic mass is 9.91. The van der Waals surface area contributed by atoms with Crippen LogP contribution >= 0.6 is 0 Å². The fourth-order valence-electron chi connectivity index (χ4n) is 2.19. The van der Waals surface area contributed by atoms with Gasteiger partial charge in [0.25, 0.3) is 0 Å². The van der Waals surface area contributed by atoms with Crippen molar-refractivity contribution in [3.05, 3.63) is 0 Å². The van der Waals surface area contributed by atoms with Gasteiger partial charge in [0.05, 0.1) is 13.2 Å². The maximum atomic E-state index is 11.4. The molecule has 0 spiro atoms. The quantitative estimate of drug-likeness (QED) is 0.786. The third-order valence-electron chi connectivity index (χ3n) is 3.25. The Hall–Kier alpha value is -1.46. The second-order valence-electron chi connectivity index (χ2n) is 5.11. The molecule has 0 aliphatic heterocycles. The van der Waals surface area contributed by atoms with E-state index in [1.54, 1.807) is 0 Å². The zero-order chi connectivity index (χ0) is 14.8. The minimum atomic E-state index is -0.342. The van der Waals surface area contributed by atoms with Crippen molar-refractivity contribution in [2.24, 2.45) is 0 Å². The molecule has 2 N–H and O–H groups in total. The van der Waals surface area contributed by atoms with Gasteiger partial charge in [-0.25, -0.2) is 9.59 Å².